The van der Waals surface area contributed by atoms with Crippen molar-refractivity contribution in [2.45, 2.75) is 43.5 Å². The van der Waals surface area contributed by atoms with Crippen molar-refractivity contribution >= 4 is 15.9 Å². The number of carbonyl (C=O) groups is 1. The van der Waals surface area contributed by atoms with E-state index in [1.54, 1.807) is 31.2 Å². The highest BCUT2D eigenvalue weighted by Crippen LogP contribution is 2.19. The fraction of sp³-hybridized carbons (Fsp3) is 0.500. The highest BCUT2D eigenvalue weighted by molar-refractivity contribution is 7.89. The molecule has 1 aromatic carbocycles. The van der Waals surface area contributed by atoms with Crippen molar-refractivity contribution in [2.24, 2.45) is 0 Å². The summed E-state index contributed by atoms with van der Waals surface area (Å²) in [6.07, 6.45) is 3.24. The van der Waals surface area contributed by atoms with E-state index in [4.69, 9.17) is 0 Å². The summed E-state index contributed by atoms with van der Waals surface area (Å²) in [5, 5.41) is 2.93. The Morgan fingerprint density at radius 3 is 2.45 bits per heavy atom. The predicted octanol–water partition coefficient (Wildman–Crippen LogP) is 1.20. The number of nitrogens with one attached hydrogen (secondary N) is 2. The summed E-state index contributed by atoms with van der Waals surface area (Å²) < 4.78 is 26.0. The van der Waals surface area contributed by atoms with E-state index >= 15 is 0 Å². The summed E-state index contributed by atoms with van der Waals surface area (Å²) in [6.45, 7) is 2.11. The summed E-state index contributed by atoms with van der Waals surface area (Å²) in [6, 6.07) is 7.05. The highest BCUT2D eigenvalue weighted by atomic mass is 32.2. The molecule has 5 nitrogen and oxygen atoms in total. The third kappa shape index (κ3) is 4.31. The van der Waals surface area contributed by atoms with Gasteiger partial charge in [-0.1, -0.05) is 19.1 Å². The third-order valence-electron chi connectivity index (χ3n) is 3.15. The van der Waals surface area contributed by atoms with Crippen LogP contribution in [0.15, 0.2) is 29.2 Å². The monoisotopic (exact) mass is 296 g/mol. The summed E-state index contributed by atoms with van der Waals surface area (Å²) in [5.41, 5.74) is 0.964. The Balaban J connectivity index is 1.89. The smallest absolute Gasteiger partial charge is 0.240 e. The molecule has 2 rings (SSSR count). The molecule has 0 unspecified atom stereocenters. The van der Waals surface area contributed by atoms with Gasteiger partial charge < -0.3 is 5.32 Å². The maximum atomic E-state index is 11.8. The van der Waals surface area contributed by atoms with Crippen LogP contribution in [0.1, 0.15) is 31.7 Å². The van der Waals surface area contributed by atoms with Gasteiger partial charge >= 0.3 is 0 Å². The van der Waals surface area contributed by atoms with E-state index < -0.39 is 10.0 Å². The molecule has 1 fully saturated rings. The average molecular weight is 296 g/mol. The Morgan fingerprint density at radius 1 is 1.25 bits per heavy atom. The molecule has 0 aromatic heterocycles. The number of sulfonamides is 1. The molecule has 0 atom stereocenters. The van der Waals surface area contributed by atoms with Gasteiger partial charge in [0.15, 0.2) is 0 Å². The molecular formula is C14H20N2O3S. The fourth-order valence-corrected chi connectivity index (χ4v) is 2.94. The van der Waals surface area contributed by atoms with Gasteiger partial charge in [0.05, 0.1) is 4.90 Å². The van der Waals surface area contributed by atoms with Crippen LogP contribution in [0.25, 0.3) is 0 Å². The van der Waals surface area contributed by atoms with Gasteiger partial charge in [0.25, 0.3) is 0 Å². The van der Waals surface area contributed by atoms with Crippen LogP contribution in [0.3, 0.4) is 0 Å². The topological polar surface area (TPSA) is 75.3 Å². The zero-order valence-corrected chi connectivity index (χ0v) is 12.4. The first-order valence-corrected chi connectivity index (χ1v) is 8.37. The van der Waals surface area contributed by atoms with Crippen molar-refractivity contribution in [3.05, 3.63) is 29.8 Å². The second kappa shape index (κ2) is 6.37. The molecule has 0 spiro atoms. The number of rotatable bonds is 7. The number of hydrogen-bond donors (Lipinski definition) is 2. The molecule has 1 amide bonds. The number of aryl methyl sites for hydroxylation is 1. The average Bonchev–Trinajstić information content (AvgIpc) is 3.21. The summed E-state index contributed by atoms with van der Waals surface area (Å²) in [5.74, 6) is 0.0665. The second-order valence-corrected chi connectivity index (χ2v) is 6.75. The van der Waals surface area contributed by atoms with Gasteiger partial charge in [0, 0.05) is 19.0 Å². The molecule has 6 heteroatoms. The molecule has 20 heavy (non-hydrogen) atoms. The number of carbonyl (C=O) groups excluding carboxylic acids is 1. The lowest BCUT2D eigenvalue weighted by Gasteiger charge is -2.06. The minimum Gasteiger partial charge on any atom is -0.353 e. The SMILES string of the molecule is CCNS(=O)(=O)c1ccc(CCC(=O)NC2CC2)cc1. The largest absolute Gasteiger partial charge is 0.353 e. The van der Waals surface area contributed by atoms with Gasteiger partial charge in [-0.3, -0.25) is 4.79 Å². The molecule has 1 aliphatic carbocycles. The zero-order valence-electron chi connectivity index (χ0n) is 11.6. The first-order valence-electron chi connectivity index (χ1n) is 6.89. The van der Waals surface area contributed by atoms with Gasteiger partial charge in [0.2, 0.25) is 15.9 Å². The van der Waals surface area contributed by atoms with Gasteiger partial charge in [-0.2, -0.15) is 0 Å². The normalized spacial score (nSPS) is 15.1. The van der Waals surface area contributed by atoms with Crippen LogP contribution in [0.4, 0.5) is 0 Å². The van der Waals surface area contributed by atoms with E-state index in [0.717, 1.165) is 18.4 Å². The lowest BCUT2D eigenvalue weighted by Crippen LogP contribution is -2.25. The van der Waals surface area contributed by atoms with Crippen LogP contribution in [-0.4, -0.2) is 26.9 Å². The van der Waals surface area contributed by atoms with E-state index in [-0.39, 0.29) is 10.8 Å². The fourth-order valence-electron chi connectivity index (χ4n) is 1.89. The third-order valence-corrected chi connectivity index (χ3v) is 4.71. The van der Waals surface area contributed by atoms with E-state index in [2.05, 4.69) is 10.0 Å². The summed E-state index contributed by atoms with van der Waals surface area (Å²) in [7, 11) is -3.40. The van der Waals surface area contributed by atoms with Crippen molar-refractivity contribution in [2.75, 3.05) is 6.54 Å². The van der Waals surface area contributed by atoms with Gasteiger partial charge in [-0.15, -0.1) is 0 Å². The van der Waals surface area contributed by atoms with Crippen LogP contribution in [-0.2, 0) is 21.2 Å². The molecule has 1 aromatic rings. The first kappa shape index (κ1) is 15.0. The quantitative estimate of drug-likeness (QED) is 0.794. The molecule has 2 N–H and O–H groups in total. The lowest BCUT2D eigenvalue weighted by molar-refractivity contribution is -0.121. The van der Waals surface area contributed by atoms with Crippen LogP contribution in [0, 0.1) is 0 Å². The van der Waals surface area contributed by atoms with Gasteiger partial charge in [0.1, 0.15) is 0 Å². The minimum atomic E-state index is -3.40. The molecule has 0 heterocycles. The highest BCUT2D eigenvalue weighted by Gasteiger charge is 2.22. The molecule has 1 aliphatic rings. The second-order valence-electron chi connectivity index (χ2n) is 4.99. The molecular weight excluding hydrogens is 276 g/mol. The zero-order chi connectivity index (χ0) is 14.6. The van der Waals surface area contributed by atoms with E-state index in [0.29, 0.717) is 25.4 Å². The van der Waals surface area contributed by atoms with E-state index in [9.17, 15) is 13.2 Å². The van der Waals surface area contributed by atoms with Gasteiger partial charge in [-0.25, -0.2) is 13.1 Å². The minimum absolute atomic E-state index is 0.0665. The number of benzene rings is 1. The summed E-state index contributed by atoms with van der Waals surface area (Å²) >= 11 is 0. The molecule has 0 aliphatic heterocycles. The van der Waals surface area contributed by atoms with Crippen LogP contribution in [0.2, 0.25) is 0 Å². The van der Waals surface area contributed by atoms with Crippen LogP contribution >= 0.6 is 0 Å². The van der Waals surface area contributed by atoms with Crippen molar-refractivity contribution in [3.8, 4) is 0 Å². The van der Waals surface area contributed by atoms with Crippen molar-refractivity contribution in [1.82, 2.24) is 10.0 Å². The molecule has 0 radical (unpaired) electrons. The van der Waals surface area contributed by atoms with Crippen LogP contribution < -0.4 is 10.0 Å². The number of amides is 1. The Morgan fingerprint density at radius 2 is 1.90 bits per heavy atom. The molecule has 0 bridgehead atoms. The van der Waals surface area contributed by atoms with E-state index in [1.807, 2.05) is 0 Å². The van der Waals surface area contributed by atoms with Crippen molar-refractivity contribution in [3.63, 3.8) is 0 Å². The Kier molecular flexibility index (Phi) is 4.77. The Labute approximate surface area is 119 Å². The molecule has 0 saturated heterocycles. The number of hydrogen-bond acceptors (Lipinski definition) is 3. The predicted molar refractivity (Wildman–Crippen MR) is 76.8 cm³/mol. The standard InChI is InChI=1S/C14H20N2O3S/c1-2-15-20(18,19)13-8-3-11(4-9-13)5-10-14(17)16-12-6-7-12/h3-4,8-9,12,15H,2,5-7,10H2,1H3,(H,16,17). The maximum Gasteiger partial charge on any atom is 0.240 e. The maximum absolute atomic E-state index is 11.8. The lowest BCUT2D eigenvalue weighted by atomic mass is 10.1. The Hall–Kier alpha value is -1.40. The van der Waals surface area contributed by atoms with Crippen molar-refractivity contribution in [1.29, 1.82) is 0 Å². The first-order chi connectivity index (χ1) is 9.51. The molecule has 1 saturated carbocycles. The Bertz CT molecular complexity index is 563. The molecule has 110 valence electrons. The van der Waals surface area contributed by atoms with E-state index in [1.165, 1.54) is 0 Å². The van der Waals surface area contributed by atoms with Crippen LogP contribution in [0.5, 0.6) is 0 Å². The van der Waals surface area contributed by atoms with Gasteiger partial charge in [-0.05, 0) is 37.0 Å². The van der Waals surface area contributed by atoms with Crippen molar-refractivity contribution < 1.29 is 13.2 Å². The summed E-state index contributed by atoms with van der Waals surface area (Å²) in [4.78, 5) is 11.8.